The first kappa shape index (κ1) is 11.9. The zero-order valence-electron chi connectivity index (χ0n) is 8.95. The number of hydrogen-bond donors (Lipinski definition) is 2. The number of amides is 1. The second-order valence-electron chi connectivity index (χ2n) is 3.96. The van der Waals surface area contributed by atoms with Gasteiger partial charge in [0.25, 0.3) is 0 Å². The van der Waals surface area contributed by atoms with Crippen LogP contribution in [0.25, 0.3) is 0 Å². The smallest absolute Gasteiger partial charge is 0.236 e. The van der Waals surface area contributed by atoms with Crippen LogP contribution in [0.4, 0.5) is 0 Å². The largest absolute Gasteiger partial charge is 0.351 e. The minimum atomic E-state index is -0.389. The van der Waals surface area contributed by atoms with Gasteiger partial charge in [-0.25, -0.2) is 0 Å². The summed E-state index contributed by atoms with van der Waals surface area (Å²) < 4.78 is 0. The number of carbonyl (C=O) groups excluding carboxylic acids is 1. The summed E-state index contributed by atoms with van der Waals surface area (Å²) in [6.07, 6.45) is 6.94. The van der Waals surface area contributed by atoms with Gasteiger partial charge in [-0.2, -0.15) is 11.8 Å². The molecule has 4 heteroatoms. The third-order valence-electron chi connectivity index (χ3n) is 2.75. The predicted octanol–water partition coefficient (Wildman–Crippen LogP) is 1.12. The molecule has 0 aromatic rings. The van der Waals surface area contributed by atoms with Gasteiger partial charge < -0.3 is 11.1 Å². The van der Waals surface area contributed by atoms with Gasteiger partial charge in [-0.3, -0.25) is 4.79 Å². The molecular weight excluding hydrogens is 196 g/mol. The predicted molar refractivity (Wildman–Crippen MR) is 61.4 cm³/mol. The van der Waals surface area contributed by atoms with Gasteiger partial charge in [-0.15, -0.1) is 0 Å². The van der Waals surface area contributed by atoms with Crippen LogP contribution in [0.3, 0.4) is 0 Å². The Kier molecular flexibility index (Phi) is 4.75. The molecule has 0 heterocycles. The van der Waals surface area contributed by atoms with Crippen molar-refractivity contribution in [1.29, 1.82) is 0 Å². The van der Waals surface area contributed by atoms with Crippen LogP contribution in [0.15, 0.2) is 0 Å². The Morgan fingerprint density at radius 3 is 2.71 bits per heavy atom. The molecule has 2 unspecified atom stereocenters. The van der Waals surface area contributed by atoms with E-state index in [2.05, 4.69) is 11.6 Å². The molecule has 0 bridgehead atoms. The highest BCUT2D eigenvalue weighted by atomic mass is 32.2. The Bertz CT molecular complexity index is 197. The van der Waals surface area contributed by atoms with Crippen molar-refractivity contribution >= 4 is 17.7 Å². The summed E-state index contributed by atoms with van der Waals surface area (Å²) in [6.45, 7) is 1.73. The molecule has 3 nitrogen and oxygen atoms in total. The second-order valence-corrected chi connectivity index (χ2v) is 5.04. The van der Waals surface area contributed by atoms with Crippen LogP contribution in [0.5, 0.6) is 0 Å². The lowest BCUT2D eigenvalue weighted by atomic mass is 9.94. The Hall–Kier alpha value is -0.220. The van der Waals surface area contributed by atoms with Crippen molar-refractivity contribution in [1.82, 2.24) is 5.32 Å². The monoisotopic (exact) mass is 216 g/mol. The van der Waals surface area contributed by atoms with Crippen LogP contribution in [-0.4, -0.2) is 29.5 Å². The van der Waals surface area contributed by atoms with Crippen molar-refractivity contribution in [2.24, 2.45) is 5.73 Å². The van der Waals surface area contributed by atoms with Crippen molar-refractivity contribution in [2.75, 3.05) is 6.26 Å². The quantitative estimate of drug-likeness (QED) is 0.743. The van der Waals surface area contributed by atoms with E-state index >= 15 is 0 Å². The van der Waals surface area contributed by atoms with E-state index in [0.29, 0.717) is 11.3 Å². The van der Waals surface area contributed by atoms with Gasteiger partial charge in [-0.1, -0.05) is 12.8 Å². The molecule has 3 atom stereocenters. The Morgan fingerprint density at radius 1 is 1.50 bits per heavy atom. The maximum absolute atomic E-state index is 11.4. The highest BCUT2D eigenvalue weighted by Crippen LogP contribution is 2.27. The van der Waals surface area contributed by atoms with E-state index in [-0.39, 0.29) is 11.9 Å². The van der Waals surface area contributed by atoms with Gasteiger partial charge in [0, 0.05) is 11.3 Å². The molecule has 0 aromatic carbocycles. The lowest BCUT2D eigenvalue weighted by Crippen LogP contribution is -2.49. The third-order valence-corrected chi connectivity index (χ3v) is 3.92. The Labute approximate surface area is 90.2 Å². The summed E-state index contributed by atoms with van der Waals surface area (Å²) in [5.41, 5.74) is 5.52. The maximum Gasteiger partial charge on any atom is 0.236 e. The molecule has 1 fully saturated rings. The van der Waals surface area contributed by atoms with Crippen LogP contribution >= 0.6 is 11.8 Å². The van der Waals surface area contributed by atoms with E-state index in [1.807, 2.05) is 11.8 Å². The molecule has 1 aliphatic rings. The Morgan fingerprint density at radius 2 is 2.14 bits per heavy atom. The number of nitrogens with two attached hydrogens (primary N) is 1. The fourth-order valence-corrected chi connectivity index (χ4v) is 2.79. The highest BCUT2D eigenvalue weighted by molar-refractivity contribution is 7.99. The number of thioether (sulfide) groups is 1. The molecular formula is C10H20N2OS. The first-order chi connectivity index (χ1) is 6.65. The molecule has 1 rings (SSSR count). The van der Waals surface area contributed by atoms with E-state index in [1.54, 1.807) is 6.92 Å². The summed E-state index contributed by atoms with van der Waals surface area (Å²) in [7, 11) is 0. The fourth-order valence-electron chi connectivity index (χ4n) is 1.86. The SMILES string of the molecule is CSC1CCCCC1NC(=O)[C@H](C)N. The van der Waals surface area contributed by atoms with Crippen molar-refractivity contribution < 1.29 is 4.79 Å². The summed E-state index contributed by atoms with van der Waals surface area (Å²) >= 11 is 1.85. The molecule has 0 saturated heterocycles. The molecule has 0 radical (unpaired) electrons. The minimum absolute atomic E-state index is 0.0176. The van der Waals surface area contributed by atoms with E-state index in [1.165, 1.54) is 19.3 Å². The van der Waals surface area contributed by atoms with Crippen LogP contribution in [0.1, 0.15) is 32.6 Å². The van der Waals surface area contributed by atoms with Crippen LogP contribution < -0.4 is 11.1 Å². The number of nitrogens with one attached hydrogen (secondary N) is 1. The van der Waals surface area contributed by atoms with Crippen LogP contribution in [-0.2, 0) is 4.79 Å². The van der Waals surface area contributed by atoms with Crippen molar-refractivity contribution in [2.45, 2.75) is 49.9 Å². The van der Waals surface area contributed by atoms with Gasteiger partial charge in [0.05, 0.1) is 6.04 Å². The van der Waals surface area contributed by atoms with Crippen molar-refractivity contribution in [3.8, 4) is 0 Å². The average molecular weight is 216 g/mol. The number of hydrogen-bond acceptors (Lipinski definition) is 3. The normalized spacial score (nSPS) is 29.6. The van der Waals surface area contributed by atoms with Gasteiger partial charge in [-0.05, 0) is 26.0 Å². The van der Waals surface area contributed by atoms with Crippen molar-refractivity contribution in [3.05, 3.63) is 0 Å². The molecule has 1 saturated carbocycles. The highest BCUT2D eigenvalue weighted by Gasteiger charge is 2.26. The van der Waals surface area contributed by atoms with Gasteiger partial charge in [0.2, 0.25) is 5.91 Å². The molecule has 1 amide bonds. The first-order valence-electron chi connectivity index (χ1n) is 5.24. The summed E-state index contributed by atoms with van der Waals surface area (Å²) in [6, 6.07) is -0.0586. The lowest BCUT2D eigenvalue weighted by molar-refractivity contribution is -0.122. The number of carbonyl (C=O) groups is 1. The molecule has 3 N–H and O–H groups in total. The first-order valence-corrected chi connectivity index (χ1v) is 6.52. The Balaban J connectivity index is 2.44. The van der Waals surface area contributed by atoms with Crippen LogP contribution in [0.2, 0.25) is 0 Å². The zero-order chi connectivity index (χ0) is 10.6. The molecule has 0 spiro atoms. The summed E-state index contributed by atoms with van der Waals surface area (Å²) in [5.74, 6) is -0.0176. The molecule has 0 aliphatic heterocycles. The topological polar surface area (TPSA) is 55.1 Å². The van der Waals surface area contributed by atoms with Crippen LogP contribution in [0, 0.1) is 0 Å². The average Bonchev–Trinajstić information content (AvgIpc) is 2.18. The standard InChI is InChI=1S/C10H20N2OS/c1-7(11)10(13)12-8-5-3-4-6-9(8)14-2/h7-9H,3-6,11H2,1-2H3,(H,12,13)/t7-,8?,9?/m0/s1. The number of rotatable bonds is 3. The third kappa shape index (κ3) is 3.17. The van der Waals surface area contributed by atoms with Gasteiger partial charge in [0.15, 0.2) is 0 Å². The zero-order valence-corrected chi connectivity index (χ0v) is 9.77. The molecule has 1 aliphatic carbocycles. The maximum atomic E-state index is 11.4. The van der Waals surface area contributed by atoms with Gasteiger partial charge >= 0.3 is 0 Å². The lowest BCUT2D eigenvalue weighted by Gasteiger charge is -2.31. The van der Waals surface area contributed by atoms with Crippen molar-refractivity contribution in [3.63, 3.8) is 0 Å². The summed E-state index contributed by atoms with van der Waals surface area (Å²) in [5, 5.41) is 3.61. The fraction of sp³-hybridized carbons (Fsp3) is 0.900. The second kappa shape index (κ2) is 5.61. The van der Waals surface area contributed by atoms with E-state index < -0.39 is 0 Å². The molecule has 14 heavy (non-hydrogen) atoms. The molecule has 82 valence electrons. The minimum Gasteiger partial charge on any atom is -0.351 e. The molecule has 0 aromatic heterocycles. The van der Waals surface area contributed by atoms with E-state index in [9.17, 15) is 4.79 Å². The van der Waals surface area contributed by atoms with E-state index in [4.69, 9.17) is 5.73 Å². The van der Waals surface area contributed by atoms with Gasteiger partial charge in [0.1, 0.15) is 0 Å². The van der Waals surface area contributed by atoms with E-state index in [0.717, 1.165) is 6.42 Å². The summed E-state index contributed by atoms with van der Waals surface area (Å²) in [4.78, 5) is 11.4.